The third-order valence-corrected chi connectivity index (χ3v) is 6.24. The van der Waals surface area contributed by atoms with Crippen LogP contribution in [0.3, 0.4) is 0 Å². The van der Waals surface area contributed by atoms with E-state index in [1.54, 1.807) is 6.20 Å². The van der Waals surface area contributed by atoms with Crippen LogP contribution in [-0.2, 0) is 18.4 Å². The van der Waals surface area contributed by atoms with Gasteiger partial charge >= 0.3 is 0 Å². The minimum Gasteiger partial charge on any atom is -0.342 e. The summed E-state index contributed by atoms with van der Waals surface area (Å²) >= 11 is 0. The van der Waals surface area contributed by atoms with Crippen molar-refractivity contribution in [3.63, 3.8) is 0 Å². The number of hydrogen-bond donors (Lipinski definition) is 0. The standard InChI is InChI=1S/C20H30N6O/c1-24-18(15-26-13-5-11-21-26)22-23-20(24)17-8-4-12-25(14-17)19(27)10-9-16-6-2-3-7-16/h5,11,13,16-17H,2-4,6-10,12,14-15H2,1H3/t17-/m1/s1. The van der Waals surface area contributed by atoms with E-state index in [1.807, 2.05) is 24.0 Å². The number of piperidine rings is 1. The van der Waals surface area contributed by atoms with Gasteiger partial charge in [0, 0.05) is 44.9 Å². The van der Waals surface area contributed by atoms with Gasteiger partial charge in [0.1, 0.15) is 12.4 Å². The van der Waals surface area contributed by atoms with E-state index in [-0.39, 0.29) is 5.92 Å². The van der Waals surface area contributed by atoms with Crippen molar-refractivity contribution in [1.82, 2.24) is 29.4 Å². The van der Waals surface area contributed by atoms with E-state index in [4.69, 9.17) is 0 Å². The van der Waals surface area contributed by atoms with E-state index < -0.39 is 0 Å². The number of hydrogen-bond acceptors (Lipinski definition) is 4. The van der Waals surface area contributed by atoms with Crippen LogP contribution in [0.5, 0.6) is 0 Å². The van der Waals surface area contributed by atoms with E-state index in [0.717, 1.165) is 49.9 Å². The first-order valence-electron chi connectivity index (χ1n) is 10.3. The van der Waals surface area contributed by atoms with Crippen LogP contribution in [0.15, 0.2) is 18.5 Å². The third kappa shape index (κ3) is 4.22. The van der Waals surface area contributed by atoms with Crippen molar-refractivity contribution in [2.75, 3.05) is 13.1 Å². The second kappa shape index (κ2) is 8.23. The Morgan fingerprint density at radius 1 is 1.19 bits per heavy atom. The molecule has 7 nitrogen and oxygen atoms in total. The predicted molar refractivity (Wildman–Crippen MR) is 102 cm³/mol. The number of carbonyl (C=O) groups excluding carboxylic acids is 1. The molecule has 3 heterocycles. The number of carbonyl (C=O) groups is 1. The van der Waals surface area contributed by atoms with Gasteiger partial charge in [-0.05, 0) is 31.2 Å². The Morgan fingerprint density at radius 2 is 2.04 bits per heavy atom. The molecule has 0 unspecified atom stereocenters. The van der Waals surface area contributed by atoms with Crippen LogP contribution in [0.25, 0.3) is 0 Å². The maximum atomic E-state index is 12.7. The molecule has 1 atom stereocenters. The third-order valence-electron chi connectivity index (χ3n) is 6.24. The van der Waals surface area contributed by atoms with E-state index in [2.05, 4.69) is 24.8 Å². The normalized spacial score (nSPS) is 21.1. The van der Waals surface area contributed by atoms with Gasteiger partial charge in [-0.15, -0.1) is 10.2 Å². The van der Waals surface area contributed by atoms with Crippen LogP contribution in [0.4, 0.5) is 0 Å². The fourth-order valence-electron chi connectivity index (χ4n) is 4.61. The lowest BCUT2D eigenvalue weighted by Crippen LogP contribution is -2.39. The van der Waals surface area contributed by atoms with Gasteiger partial charge in [0.15, 0.2) is 5.82 Å². The molecule has 0 aromatic carbocycles. The van der Waals surface area contributed by atoms with E-state index in [0.29, 0.717) is 18.9 Å². The summed E-state index contributed by atoms with van der Waals surface area (Å²) in [5.41, 5.74) is 0. The zero-order chi connectivity index (χ0) is 18.6. The lowest BCUT2D eigenvalue weighted by molar-refractivity contribution is -0.132. The molecule has 1 aliphatic carbocycles. The molecule has 27 heavy (non-hydrogen) atoms. The highest BCUT2D eigenvalue weighted by molar-refractivity contribution is 5.76. The monoisotopic (exact) mass is 370 g/mol. The molecular formula is C20H30N6O. The summed E-state index contributed by atoms with van der Waals surface area (Å²) in [4.78, 5) is 14.8. The van der Waals surface area contributed by atoms with Crippen molar-refractivity contribution in [2.24, 2.45) is 13.0 Å². The topological polar surface area (TPSA) is 68.8 Å². The second-order valence-electron chi connectivity index (χ2n) is 8.11. The minimum absolute atomic E-state index is 0.276. The molecule has 0 spiro atoms. The zero-order valence-electron chi connectivity index (χ0n) is 16.3. The van der Waals surface area contributed by atoms with Gasteiger partial charge in [0.25, 0.3) is 0 Å². The first kappa shape index (κ1) is 18.2. The molecule has 2 aromatic rings. The fraction of sp³-hybridized carbons (Fsp3) is 0.700. The zero-order valence-corrected chi connectivity index (χ0v) is 16.3. The summed E-state index contributed by atoms with van der Waals surface area (Å²) in [7, 11) is 2.02. The Kier molecular flexibility index (Phi) is 5.55. The summed E-state index contributed by atoms with van der Waals surface area (Å²) in [6, 6.07) is 1.91. The fourth-order valence-corrected chi connectivity index (χ4v) is 4.61. The number of aromatic nitrogens is 5. The van der Waals surface area contributed by atoms with Crippen molar-refractivity contribution in [3.8, 4) is 0 Å². The summed E-state index contributed by atoms with van der Waals surface area (Å²) in [6.45, 7) is 2.28. The van der Waals surface area contributed by atoms with Crippen LogP contribution in [0.2, 0.25) is 0 Å². The van der Waals surface area contributed by atoms with Crippen molar-refractivity contribution >= 4 is 5.91 Å². The van der Waals surface area contributed by atoms with Crippen molar-refractivity contribution in [2.45, 2.75) is 63.8 Å². The molecule has 1 saturated carbocycles. The number of likely N-dealkylation sites (tertiary alicyclic amines) is 1. The maximum Gasteiger partial charge on any atom is 0.222 e. The van der Waals surface area contributed by atoms with Gasteiger partial charge in [-0.1, -0.05) is 25.7 Å². The Balaban J connectivity index is 1.36. The first-order chi connectivity index (χ1) is 13.2. The van der Waals surface area contributed by atoms with E-state index in [1.165, 1.54) is 25.7 Å². The van der Waals surface area contributed by atoms with Gasteiger partial charge < -0.3 is 9.47 Å². The highest BCUT2D eigenvalue weighted by Crippen LogP contribution is 2.30. The lowest BCUT2D eigenvalue weighted by atomic mass is 9.96. The summed E-state index contributed by atoms with van der Waals surface area (Å²) in [6.07, 6.45) is 12.9. The largest absolute Gasteiger partial charge is 0.342 e. The molecule has 0 radical (unpaired) electrons. The average molecular weight is 371 g/mol. The maximum absolute atomic E-state index is 12.7. The molecule has 0 N–H and O–H groups in total. The highest BCUT2D eigenvalue weighted by Gasteiger charge is 2.28. The molecule has 1 aliphatic heterocycles. The molecule has 2 aliphatic rings. The Bertz CT molecular complexity index is 747. The summed E-state index contributed by atoms with van der Waals surface area (Å²) in [5.74, 6) is 3.27. The van der Waals surface area contributed by atoms with Crippen molar-refractivity contribution in [3.05, 3.63) is 30.1 Å². The molecule has 1 saturated heterocycles. The Hall–Kier alpha value is -2.18. The van der Waals surface area contributed by atoms with Gasteiger partial charge in [-0.2, -0.15) is 5.10 Å². The SMILES string of the molecule is Cn1c(Cn2cccn2)nnc1[C@@H]1CCCN(C(=O)CCC2CCCC2)C1. The second-order valence-corrected chi connectivity index (χ2v) is 8.11. The average Bonchev–Trinajstić information content (AvgIpc) is 3.44. The molecule has 0 bridgehead atoms. The van der Waals surface area contributed by atoms with Gasteiger partial charge in [-0.25, -0.2) is 0 Å². The van der Waals surface area contributed by atoms with E-state index in [9.17, 15) is 4.79 Å². The van der Waals surface area contributed by atoms with Crippen LogP contribution in [-0.4, -0.2) is 48.4 Å². The molecule has 2 aromatic heterocycles. The molecule has 7 heteroatoms. The highest BCUT2D eigenvalue weighted by atomic mass is 16.2. The van der Waals surface area contributed by atoms with Crippen molar-refractivity contribution in [1.29, 1.82) is 0 Å². The van der Waals surface area contributed by atoms with Crippen molar-refractivity contribution < 1.29 is 4.79 Å². The molecule has 1 amide bonds. The molecule has 146 valence electrons. The first-order valence-corrected chi connectivity index (χ1v) is 10.3. The minimum atomic E-state index is 0.276. The summed E-state index contributed by atoms with van der Waals surface area (Å²) < 4.78 is 3.94. The number of nitrogens with zero attached hydrogens (tertiary/aromatic N) is 6. The van der Waals surface area contributed by atoms with Crippen LogP contribution in [0.1, 0.15) is 68.9 Å². The van der Waals surface area contributed by atoms with Crippen LogP contribution in [0, 0.1) is 5.92 Å². The molecular weight excluding hydrogens is 340 g/mol. The van der Waals surface area contributed by atoms with Crippen LogP contribution >= 0.6 is 0 Å². The van der Waals surface area contributed by atoms with Gasteiger partial charge in [0.05, 0.1) is 0 Å². The van der Waals surface area contributed by atoms with E-state index >= 15 is 0 Å². The number of amides is 1. The predicted octanol–water partition coefficient (Wildman–Crippen LogP) is 2.74. The Labute approximate surface area is 160 Å². The Morgan fingerprint density at radius 3 is 2.81 bits per heavy atom. The van der Waals surface area contributed by atoms with Gasteiger partial charge in [0.2, 0.25) is 5.91 Å². The van der Waals surface area contributed by atoms with Crippen LogP contribution < -0.4 is 0 Å². The smallest absolute Gasteiger partial charge is 0.222 e. The quantitative estimate of drug-likeness (QED) is 0.784. The lowest BCUT2D eigenvalue weighted by Gasteiger charge is -2.32. The molecule has 4 rings (SSSR count). The molecule has 2 fully saturated rings. The summed E-state index contributed by atoms with van der Waals surface area (Å²) in [5, 5.41) is 13.1. The van der Waals surface area contributed by atoms with Gasteiger partial charge in [-0.3, -0.25) is 9.48 Å². The number of rotatable bonds is 6.